The summed E-state index contributed by atoms with van der Waals surface area (Å²) in [6.45, 7) is 1.33. The zero-order valence-corrected chi connectivity index (χ0v) is 12.2. The fourth-order valence-corrected chi connectivity index (χ4v) is 2.63. The molecule has 0 bridgehead atoms. The molecule has 8 heteroatoms. The van der Waals surface area contributed by atoms with E-state index in [2.05, 4.69) is 5.32 Å². The molecule has 0 atom stereocenters. The van der Waals surface area contributed by atoms with Crippen LogP contribution in [0, 0.1) is 11.6 Å². The molecule has 22 heavy (non-hydrogen) atoms. The van der Waals surface area contributed by atoms with E-state index in [9.17, 15) is 22.0 Å². The van der Waals surface area contributed by atoms with E-state index in [1.807, 2.05) is 0 Å². The van der Waals surface area contributed by atoms with E-state index in [1.54, 1.807) is 0 Å². The monoisotopic (exact) mass is 327 g/mol. The van der Waals surface area contributed by atoms with Crippen molar-refractivity contribution in [3.8, 4) is 5.75 Å². The van der Waals surface area contributed by atoms with E-state index in [0.29, 0.717) is 11.8 Å². The molecule has 1 N–H and O–H groups in total. The Labute approximate surface area is 125 Å². The van der Waals surface area contributed by atoms with E-state index >= 15 is 0 Å². The average molecular weight is 327 g/mol. The van der Waals surface area contributed by atoms with Gasteiger partial charge in [-0.1, -0.05) is 0 Å². The van der Waals surface area contributed by atoms with Crippen LogP contribution in [-0.4, -0.2) is 14.3 Å². The van der Waals surface area contributed by atoms with Crippen LogP contribution in [0.15, 0.2) is 47.4 Å². The van der Waals surface area contributed by atoms with Gasteiger partial charge in [-0.3, -0.25) is 4.79 Å². The van der Waals surface area contributed by atoms with E-state index in [1.165, 1.54) is 31.2 Å². The van der Waals surface area contributed by atoms with Gasteiger partial charge in [0.2, 0.25) is 5.91 Å². The predicted molar refractivity (Wildman–Crippen MR) is 74.9 cm³/mol. The van der Waals surface area contributed by atoms with Gasteiger partial charge < -0.3 is 9.50 Å². The van der Waals surface area contributed by atoms with Gasteiger partial charge in [0.05, 0.1) is 0 Å². The second-order valence-corrected chi connectivity index (χ2v) is 5.83. The molecule has 0 saturated carbocycles. The Morgan fingerprint density at radius 2 is 1.73 bits per heavy atom. The second-order valence-electron chi connectivity index (χ2n) is 4.32. The quantitative estimate of drug-likeness (QED) is 0.876. The largest absolute Gasteiger partial charge is 0.379 e. The van der Waals surface area contributed by atoms with Crippen LogP contribution in [-0.2, 0) is 14.9 Å². The minimum Gasteiger partial charge on any atom is -0.379 e. The van der Waals surface area contributed by atoms with Crippen LogP contribution in [0.1, 0.15) is 6.92 Å². The molecule has 2 aromatic rings. The number of carbonyl (C=O) groups excluding carboxylic acids is 1. The van der Waals surface area contributed by atoms with Crippen molar-refractivity contribution in [3.63, 3.8) is 0 Å². The van der Waals surface area contributed by atoms with Crippen molar-refractivity contribution in [1.29, 1.82) is 0 Å². The van der Waals surface area contributed by atoms with Crippen LogP contribution in [0.2, 0.25) is 0 Å². The molecule has 1 amide bonds. The average Bonchev–Trinajstić information content (AvgIpc) is 2.39. The lowest BCUT2D eigenvalue weighted by molar-refractivity contribution is -0.114. The number of hydrogen-bond acceptors (Lipinski definition) is 4. The maximum Gasteiger partial charge on any atom is 0.342 e. The first-order valence-electron chi connectivity index (χ1n) is 6.05. The Balaban J connectivity index is 2.23. The minimum absolute atomic E-state index is 0.0715. The maximum absolute atomic E-state index is 13.5. The molecule has 2 aromatic carbocycles. The van der Waals surface area contributed by atoms with Gasteiger partial charge in [-0.2, -0.15) is 8.42 Å². The number of hydrogen-bond donors (Lipinski definition) is 1. The van der Waals surface area contributed by atoms with Crippen molar-refractivity contribution >= 4 is 21.7 Å². The fourth-order valence-electron chi connectivity index (χ4n) is 1.65. The van der Waals surface area contributed by atoms with Crippen molar-refractivity contribution in [2.75, 3.05) is 5.32 Å². The number of rotatable bonds is 4. The molecule has 5 nitrogen and oxygen atoms in total. The number of nitrogens with one attached hydrogen (secondary N) is 1. The zero-order chi connectivity index (χ0) is 16.3. The second kappa shape index (κ2) is 6.10. The summed E-state index contributed by atoms with van der Waals surface area (Å²) in [6, 6.07) is 7.50. The van der Waals surface area contributed by atoms with Gasteiger partial charge in [-0.05, 0) is 36.4 Å². The van der Waals surface area contributed by atoms with Crippen molar-refractivity contribution in [2.24, 2.45) is 0 Å². The van der Waals surface area contributed by atoms with Crippen molar-refractivity contribution < 1.29 is 26.2 Å². The van der Waals surface area contributed by atoms with E-state index in [-0.39, 0.29) is 11.7 Å². The molecule has 0 saturated heterocycles. The van der Waals surface area contributed by atoms with Crippen LogP contribution >= 0.6 is 0 Å². The molecule has 0 heterocycles. The summed E-state index contributed by atoms with van der Waals surface area (Å²) in [4.78, 5) is 10.1. The number of benzene rings is 2. The molecule has 0 aliphatic rings. The molecule has 0 radical (unpaired) electrons. The highest BCUT2D eigenvalue weighted by Gasteiger charge is 2.21. The third-order valence-electron chi connectivity index (χ3n) is 2.54. The van der Waals surface area contributed by atoms with Gasteiger partial charge in [0.15, 0.2) is 0 Å². The highest BCUT2D eigenvalue weighted by atomic mass is 32.2. The smallest absolute Gasteiger partial charge is 0.342 e. The summed E-state index contributed by atoms with van der Waals surface area (Å²) >= 11 is 0. The zero-order valence-electron chi connectivity index (χ0n) is 11.3. The lowest BCUT2D eigenvalue weighted by Crippen LogP contribution is -2.12. The number of carbonyl (C=O) groups is 1. The Hall–Kier alpha value is -2.48. The summed E-state index contributed by atoms with van der Waals surface area (Å²) in [7, 11) is -4.43. The van der Waals surface area contributed by atoms with Gasteiger partial charge >= 0.3 is 10.1 Å². The van der Waals surface area contributed by atoms with Crippen molar-refractivity contribution in [1.82, 2.24) is 0 Å². The topological polar surface area (TPSA) is 72.5 Å². The lowest BCUT2D eigenvalue weighted by atomic mass is 10.3. The van der Waals surface area contributed by atoms with Gasteiger partial charge in [0.1, 0.15) is 22.3 Å². The third-order valence-corrected chi connectivity index (χ3v) is 3.83. The first-order chi connectivity index (χ1) is 10.3. The highest BCUT2D eigenvalue weighted by molar-refractivity contribution is 7.87. The summed E-state index contributed by atoms with van der Waals surface area (Å²) in [5.41, 5.74) is 0.449. The van der Waals surface area contributed by atoms with Gasteiger partial charge in [0.25, 0.3) is 0 Å². The molecule has 0 aromatic heterocycles. The normalized spacial score (nSPS) is 11.0. The Morgan fingerprint density at radius 3 is 2.27 bits per heavy atom. The number of anilines is 1. The van der Waals surface area contributed by atoms with Crippen LogP contribution in [0.5, 0.6) is 5.75 Å². The van der Waals surface area contributed by atoms with E-state index in [4.69, 9.17) is 4.18 Å². The minimum atomic E-state index is -4.43. The summed E-state index contributed by atoms with van der Waals surface area (Å²) < 4.78 is 55.0. The Morgan fingerprint density at radius 1 is 1.09 bits per heavy atom. The van der Waals surface area contributed by atoms with Crippen LogP contribution < -0.4 is 9.50 Å². The molecule has 0 aliphatic carbocycles. The highest BCUT2D eigenvalue weighted by Crippen LogP contribution is 2.22. The standard InChI is InChI=1S/C14H11F2NO4S/c1-9(18)17-11-3-5-12(6-4-11)21-22(19,20)14-7-2-10(15)8-13(14)16/h2-8H,1H3,(H,17,18). The van der Waals surface area contributed by atoms with Crippen molar-refractivity contribution in [2.45, 2.75) is 11.8 Å². The van der Waals surface area contributed by atoms with Crippen LogP contribution in [0.4, 0.5) is 14.5 Å². The maximum atomic E-state index is 13.5. The molecular weight excluding hydrogens is 316 g/mol. The Kier molecular flexibility index (Phi) is 4.41. The molecule has 116 valence electrons. The molecule has 0 spiro atoms. The first-order valence-corrected chi connectivity index (χ1v) is 7.46. The number of halogens is 2. The summed E-state index contributed by atoms with van der Waals surface area (Å²) in [5.74, 6) is -2.49. The number of amides is 1. The third kappa shape index (κ3) is 3.79. The van der Waals surface area contributed by atoms with Crippen molar-refractivity contribution in [3.05, 3.63) is 54.1 Å². The first kappa shape index (κ1) is 15.9. The SMILES string of the molecule is CC(=O)Nc1ccc(OS(=O)(=O)c2ccc(F)cc2F)cc1. The van der Waals surface area contributed by atoms with Gasteiger partial charge in [-0.15, -0.1) is 0 Å². The fraction of sp³-hybridized carbons (Fsp3) is 0.0714. The summed E-state index contributed by atoms with van der Waals surface area (Å²) in [6.07, 6.45) is 0. The summed E-state index contributed by atoms with van der Waals surface area (Å²) in [5, 5.41) is 2.50. The van der Waals surface area contributed by atoms with E-state index < -0.39 is 26.6 Å². The van der Waals surface area contributed by atoms with Crippen LogP contribution in [0.3, 0.4) is 0 Å². The lowest BCUT2D eigenvalue weighted by Gasteiger charge is -2.08. The molecule has 0 aliphatic heterocycles. The Bertz CT molecular complexity index is 804. The molecular formula is C14H11F2NO4S. The van der Waals surface area contributed by atoms with Crippen LogP contribution in [0.25, 0.3) is 0 Å². The molecule has 0 fully saturated rings. The molecule has 2 rings (SSSR count). The van der Waals surface area contributed by atoms with Gasteiger partial charge in [-0.25, -0.2) is 8.78 Å². The molecule has 0 unspecified atom stereocenters. The van der Waals surface area contributed by atoms with Gasteiger partial charge in [0, 0.05) is 18.7 Å². The van der Waals surface area contributed by atoms with E-state index in [0.717, 1.165) is 12.1 Å². The predicted octanol–water partition coefficient (Wildman–Crippen LogP) is 2.69.